The van der Waals surface area contributed by atoms with Crippen LogP contribution in [0.2, 0.25) is 0 Å². The number of hydrogen-bond acceptors (Lipinski definition) is 10. The number of anilines is 2. The summed E-state index contributed by atoms with van der Waals surface area (Å²) in [6.07, 6.45) is 5.27. The fourth-order valence-electron chi connectivity index (χ4n) is 6.85. The van der Waals surface area contributed by atoms with E-state index in [0.717, 1.165) is 50.5 Å². The quantitative estimate of drug-likeness (QED) is 0.111. The van der Waals surface area contributed by atoms with E-state index in [1.165, 1.54) is 0 Å². The fourth-order valence-corrected chi connectivity index (χ4v) is 6.85. The van der Waals surface area contributed by atoms with Crippen molar-refractivity contribution in [3.63, 3.8) is 0 Å². The molecule has 0 unspecified atom stereocenters. The van der Waals surface area contributed by atoms with E-state index in [0.29, 0.717) is 70.1 Å². The van der Waals surface area contributed by atoms with Crippen LogP contribution in [0.15, 0.2) is 118 Å². The van der Waals surface area contributed by atoms with Gasteiger partial charge in [-0.2, -0.15) is 26.1 Å². The Morgan fingerprint density at radius 3 is 1.53 bits per heavy atom. The van der Waals surface area contributed by atoms with Crippen LogP contribution in [-0.4, -0.2) is 60.3 Å². The monoisotopic (exact) mass is 750 g/mol. The van der Waals surface area contributed by atoms with Gasteiger partial charge in [-0.15, -0.1) is 0 Å². The predicted molar refractivity (Wildman–Crippen MR) is 223 cm³/mol. The Morgan fingerprint density at radius 2 is 1.07 bits per heavy atom. The second kappa shape index (κ2) is 18.7. The molecule has 0 N–H and O–H groups in total. The summed E-state index contributed by atoms with van der Waals surface area (Å²) in [5.41, 5.74) is 8.27. The van der Waals surface area contributed by atoms with Gasteiger partial charge >= 0.3 is 0 Å². The Kier molecular flexibility index (Phi) is 12.9. The van der Waals surface area contributed by atoms with E-state index in [1.807, 2.05) is 127 Å². The Morgan fingerprint density at radius 1 is 0.614 bits per heavy atom. The minimum Gasteiger partial charge on any atom is -0.369 e. The van der Waals surface area contributed by atoms with Crippen LogP contribution in [0.4, 0.5) is 11.4 Å². The normalized spacial score (nSPS) is 14.8. The van der Waals surface area contributed by atoms with Crippen molar-refractivity contribution in [2.75, 3.05) is 42.5 Å². The number of nitriles is 4. The summed E-state index contributed by atoms with van der Waals surface area (Å²) < 4.78 is 0. The molecule has 11 heteroatoms. The molecule has 4 aromatic carbocycles. The van der Waals surface area contributed by atoms with Crippen LogP contribution >= 0.6 is 0 Å². The lowest BCUT2D eigenvalue weighted by molar-refractivity contribution is -0.129. The highest BCUT2D eigenvalue weighted by Gasteiger charge is 2.40. The molecule has 0 aliphatic carbocycles. The maximum Gasteiger partial charge on any atom is 0.297 e. The molecule has 0 saturated heterocycles. The molecule has 0 saturated carbocycles. The van der Waals surface area contributed by atoms with E-state index in [2.05, 4.69) is 35.2 Å². The number of amides is 1. The van der Waals surface area contributed by atoms with Crippen molar-refractivity contribution in [1.29, 1.82) is 21.0 Å². The van der Waals surface area contributed by atoms with Crippen LogP contribution in [-0.2, 0) is 4.79 Å². The molecular formula is C46H42N10O. The highest BCUT2D eigenvalue weighted by molar-refractivity contribution is 6.21. The highest BCUT2D eigenvalue weighted by atomic mass is 16.2. The number of nitrogens with zero attached hydrogens (tertiary/aromatic N) is 10. The van der Waals surface area contributed by atoms with Gasteiger partial charge in [-0.1, -0.05) is 72.8 Å². The third-order valence-corrected chi connectivity index (χ3v) is 9.78. The van der Waals surface area contributed by atoms with E-state index < -0.39 is 0 Å². The zero-order valence-electron chi connectivity index (χ0n) is 32.1. The summed E-state index contributed by atoms with van der Waals surface area (Å²) in [7, 11) is 0. The molecule has 57 heavy (non-hydrogen) atoms. The number of aryl methyl sites for hydroxylation is 2. The minimum atomic E-state index is -0.290. The second-order valence-electron chi connectivity index (χ2n) is 13.6. The van der Waals surface area contributed by atoms with E-state index in [-0.39, 0.29) is 11.6 Å². The molecule has 11 nitrogen and oxygen atoms in total. The van der Waals surface area contributed by atoms with Gasteiger partial charge in [0, 0.05) is 48.7 Å². The smallest absolute Gasteiger partial charge is 0.297 e. The van der Waals surface area contributed by atoms with Crippen LogP contribution in [0.25, 0.3) is 12.2 Å². The van der Waals surface area contributed by atoms with Gasteiger partial charge in [0.1, 0.15) is 5.70 Å². The SMILES string of the molecule is Cc1cc(N(CCC#N)CCC#N)ccc1/C=C1\CN(N2C(=O)/C(=C\c3ccc(N(CCC#N)CCC#N)cc3C)N=C2c2ccccc2)C(c2ccccc2)=N1. The van der Waals surface area contributed by atoms with Crippen molar-refractivity contribution in [3.8, 4) is 24.3 Å². The van der Waals surface area contributed by atoms with Crippen LogP contribution in [0.1, 0.15) is 59.1 Å². The van der Waals surface area contributed by atoms with Crippen molar-refractivity contribution < 1.29 is 4.79 Å². The van der Waals surface area contributed by atoms with Crippen LogP contribution in [0.5, 0.6) is 0 Å². The summed E-state index contributed by atoms with van der Waals surface area (Å²) in [5.74, 6) is 0.812. The van der Waals surface area contributed by atoms with Crippen LogP contribution in [0.3, 0.4) is 0 Å². The summed E-state index contributed by atoms with van der Waals surface area (Å²) >= 11 is 0. The maximum absolute atomic E-state index is 14.7. The first-order valence-corrected chi connectivity index (χ1v) is 18.9. The summed E-state index contributed by atoms with van der Waals surface area (Å²) in [6.45, 7) is 6.43. The standard InChI is InChI=1S/C46H42N10O/c1-34-29-41(53(25-9-21-47)26-10-22-48)19-17-38(34)31-40-33-55(44(51-40)36-13-5-3-6-14-36)56-45(37-15-7-4-8-16-37)52-43(46(56)57)32-39-18-20-42(30-35(39)2)54(27-11-23-49)28-12-24-50/h3-8,13-20,29-32H,9-12,25-28,33H2,1-2H3/b40-31+,43-32+. The fraction of sp³-hybridized carbons (Fsp3) is 0.239. The lowest BCUT2D eigenvalue weighted by Gasteiger charge is -2.31. The Hall–Kier alpha value is -7.47. The molecule has 2 heterocycles. The lowest BCUT2D eigenvalue weighted by atomic mass is 10.1. The van der Waals surface area contributed by atoms with Crippen molar-refractivity contribution in [2.24, 2.45) is 9.98 Å². The van der Waals surface area contributed by atoms with Gasteiger partial charge in [0.2, 0.25) is 0 Å². The molecule has 2 aliphatic heterocycles. The first kappa shape index (κ1) is 39.2. The van der Waals surface area contributed by atoms with Crippen LogP contribution in [0, 0.1) is 59.2 Å². The first-order valence-electron chi connectivity index (χ1n) is 18.9. The van der Waals surface area contributed by atoms with Gasteiger partial charge < -0.3 is 9.80 Å². The van der Waals surface area contributed by atoms with E-state index in [1.54, 1.807) is 5.01 Å². The largest absolute Gasteiger partial charge is 0.369 e. The molecule has 0 radical (unpaired) electrons. The molecule has 2 aliphatic rings. The number of carbonyl (C=O) groups excluding carboxylic acids is 1. The topological polar surface area (TPSA) is 150 Å². The number of rotatable bonds is 15. The van der Waals surface area contributed by atoms with Gasteiger partial charge in [0.25, 0.3) is 5.91 Å². The Bertz CT molecular complexity index is 2370. The number of amidine groups is 2. The van der Waals surface area contributed by atoms with Gasteiger partial charge in [0.05, 0.1) is 62.2 Å². The molecule has 0 aromatic heterocycles. The third kappa shape index (κ3) is 9.26. The number of hydrogen-bond donors (Lipinski definition) is 0. The van der Waals surface area contributed by atoms with Crippen molar-refractivity contribution >= 4 is 41.1 Å². The highest BCUT2D eigenvalue weighted by Crippen LogP contribution is 2.32. The number of aliphatic imine (C=N–C) groups is 2. The van der Waals surface area contributed by atoms with E-state index in [4.69, 9.17) is 9.98 Å². The Balaban J connectivity index is 1.36. The summed E-state index contributed by atoms with van der Waals surface area (Å²) in [6, 6.07) is 40.3. The van der Waals surface area contributed by atoms with E-state index in [9.17, 15) is 25.8 Å². The summed E-state index contributed by atoms with van der Waals surface area (Å²) in [5, 5.41) is 40.3. The molecule has 4 aromatic rings. The molecule has 1 amide bonds. The van der Waals surface area contributed by atoms with Crippen molar-refractivity contribution in [3.05, 3.63) is 142 Å². The van der Waals surface area contributed by atoms with Gasteiger partial charge in [-0.25, -0.2) is 9.98 Å². The molecule has 0 fully saturated rings. The van der Waals surface area contributed by atoms with Gasteiger partial charge in [-0.3, -0.25) is 9.80 Å². The molecule has 0 atom stereocenters. The van der Waals surface area contributed by atoms with Gasteiger partial charge in [-0.05, 0) is 72.5 Å². The number of carbonyl (C=O) groups is 1. The average molecular weight is 751 g/mol. The molecular weight excluding hydrogens is 709 g/mol. The zero-order chi connectivity index (χ0) is 40.1. The third-order valence-electron chi connectivity index (χ3n) is 9.78. The lowest BCUT2D eigenvalue weighted by Crippen LogP contribution is -2.49. The summed E-state index contributed by atoms with van der Waals surface area (Å²) in [4.78, 5) is 28.9. The predicted octanol–water partition coefficient (Wildman–Crippen LogP) is 7.92. The average Bonchev–Trinajstić information content (AvgIpc) is 3.79. The molecule has 0 bridgehead atoms. The van der Waals surface area contributed by atoms with Gasteiger partial charge in [0.15, 0.2) is 11.7 Å². The second-order valence-corrected chi connectivity index (χ2v) is 13.6. The van der Waals surface area contributed by atoms with Crippen molar-refractivity contribution in [2.45, 2.75) is 39.5 Å². The molecule has 282 valence electrons. The van der Waals surface area contributed by atoms with Crippen molar-refractivity contribution in [1.82, 2.24) is 10.0 Å². The van der Waals surface area contributed by atoms with Crippen LogP contribution < -0.4 is 9.80 Å². The number of hydrazine groups is 1. The molecule has 0 spiro atoms. The van der Waals surface area contributed by atoms with E-state index >= 15 is 0 Å². The zero-order valence-corrected chi connectivity index (χ0v) is 32.1. The molecule has 6 rings (SSSR count). The first-order chi connectivity index (χ1) is 27.8. The number of benzene rings is 4. The Labute approximate surface area is 334 Å². The maximum atomic E-state index is 14.7. The minimum absolute atomic E-state index is 0.282.